The highest BCUT2D eigenvalue weighted by Gasteiger charge is 2.27. The third kappa shape index (κ3) is 2.65. The van der Waals surface area contributed by atoms with Crippen molar-refractivity contribution in [3.05, 3.63) is 0 Å². The van der Waals surface area contributed by atoms with Gasteiger partial charge in [0.05, 0.1) is 0 Å². The largest absolute Gasteiger partial charge is 0.305 e. The van der Waals surface area contributed by atoms with Crippen molar-refractivity contribution in [1.29, 1.82) is 5.26 Å². The highest BCUT2D eigenvalue weighted by Crippen LogP contribution is 2.29. The quantitative estimate of drug-likeness (QED) is 0.511. The standard InChI is InChI=1S/C13H22N2/c14-11-15(12-7-3-1-4-8-12)13-9-5-2-6-10-13/h12-13H,1-10H2. The number of rotatable bonds is 2. The van der Waals surface area contributed by atoms with Gasteiger partial charge in [0.15, 0.2) is 6.19 Å². The minimum absolute atomic E-state index is 0.576. The normalized spacial score (nSPS) is 24.7. The zero-order chi connectivity index (χ0) is 10.5. The molecule has 0 heterocycles. The van der Waals surface area contributed by atoms with Crippen LogP contribution >= 0.6 is 0 Å². The molecule has 0 N–H and O–H groups in total. The predicted molar refractivity (Wildman–Crippen MR) is 61.2 cm³/mol. The number of hydrogen-bond donors (Lipinski definition) is 0. The van der Waals surface area contributed by atoms with Gasteiger partial charge in [-0.2, -0.15) is 5.26 Å². The van der Waals surface area contributed by atoms with E-state index in [0.29, 0.717) is 12.1 Å². The fourth-order valence-electron chi connectivity index (χ4n) is 3.18. The summed E-state index contributed by atoms with van der Waals surface area (Å²) in [5, 5.41) is 9.31. The first-order chi connectivity index (χ1) is 7.42. The van der Waals surface area contributed by atoms with Gasteiger partial charge in [0.1, 0.15) is 0 Å². The zero-order valence-corrected chi connectivity index (χ0v) is 9.62. The van der Waals surface area contributed by atoms with Crippen LogP contribution in [0.15, 0.2) is 0 Å². The van der Waals surface area contributed by atoms with Crippen molar-refractivity contribution in [1.82, 2.24) is 4.90 Å². The van der Waals surface area contributed by atoms with E-state index in [1.807, 2.05) is 0 Å². The van der Waals surface area contributed by atoms with Crippen molar-refractivity contribution < 1.29 is 0 Å². The van der Waals surface area contributed by atoms with Gasteiger partial charge in [-0.3, -0.25) is 0 Å². The summed E-state index contributed by atoms with van der Waals surface area (Å²) >= 11 is 0. The Morgan fingerprint density at radius 3 is 1.47 bits per heavy atom. The van der Waals surface area contributed by atoms with E-state index in [1.54, 1.807) is 0 Å². The number of nitrogens with zero attached hydrogens (tertiary/aromatic N) is 2. The first-order valence-corrected chi connectivity index (χ1v) is 6.60. The highest BCUT2D eigenvalue weighted by atomic mass is 15.2. The SMILES string of the molecule is N#CN(C1CCCCC1)C1CCCCC1. The predicted octanol–water partition coefficient (Wildman–Crippen LogP) is 3.43. The number of hydrogen-bond acceptors (Lipinski definition) is 2. The van der Waals surface area contributed by atoms with Crippen LogP contribution in [0, 0.1) is 11.5 Å². The molecule has 0 aromatic carbocycles. The maximum atomic E-state index is 9.31. The Bertz CT molecular complexity index is 201. The molecule has 0 bridgehead atoms. The average molecular weight is 206 g/mol. The molecule has 0 unspecified atom stereocenters. The Morgan fingerprint density at radius 1 is 0.733 bits per heavy atom. The molecule has 0 radical (unpaired) electrons. The van der Waals surface area contributed by atoms with Crippen molar-refractivity contribution in [3.63, 3.8) is 0 Å². The molecule has 84 valence electrons. The maximum Gasteiger partial charge on any atom is 0.179 e. The molecule has 2 rings (SSSR count). The van der Waals surface area contributed by atoms with Gasteiger partial charge in [-0.25, -0.2) is 0 Å². The van der Waals surface area contributed by atoms with E-state index in [9.17, 15) is 5.26 Å². The smallest absolute Gasteiger partial charge is 0.179 e. The van der Waals surface area contributed by atoms with Gasteiger partial charge >= 0.3 is 0 Å². The molecule has 0 aliphatic heterocycles. The van der Waals surface area contributed by atoms with Gasteiger partial charge in [0.2, 0.25) is 0 Å². The monoisotopic (exact) mass is 206 g/mol. The lowest BCUT2D eigenvalue weighted by Gasteiger charge is -2.37. The second-order valence-corrected chi connectivity index (χ2v) is 5.09. The lowest BCUT2D eigenvalue weighted by molar-refractivity contribution is 0.143. The molecule has 0 atom stereocenters. The maximum absolute atomic E-state index is 9.31. The highest BCUT2D eigenvalue weighted by molar-refractivity contribution is 4.91. The second kappa shape index (κ2) is 5.39. The van der Waals surface area contributed by atoms with E-state index in [2.05, 4.69) is 11.1 Å². The lowest BCUT2D eigenvalue weighted by Crippen LogP contribution is -2.41. The lowest BCUT2D eigenvalue weighted by atomic mass is 9.89. The average Bonchev–Trinajstić information content (AvgIpc) is 2.33. The Morgan fingerprint density at radius 2 is 1.13 bits per heavy atom. The minimum Gasteiger partial charge on any atom is -0.305 e. The van der Waals surface area contributed by atoms with Crippen LogP contribution in [-0.4, -0.2) is 17.0 Å². The molecule has 0 saturated heterocycles. The molecular weight excluding hydrogens is 184 g/mol. The van der Waals surface area contributed by atoms with Crippen molar-refractivity contribution in [3.8, 4) is 6.19 Å². The van der Waals surface area contributed by atoms with Crippen LogP contribution in [0.3, 0.4) is 0 Å². The van der Waals surface area contributed by atoms with Crippen LogP contribution in [0.1, 0.15) is 64.2 Å². The Balaban J connectivity index is 1.92. The van der Waals surface area contributed by atoms with Gasteiger partial charge in [0, 0.05) is 12.1 Å². The van der Waals surface area contributed by atoms with Crippen LogP contribution < -0.4 is 0 Å². The minimum atomic E-state index is 0.576. The van der Waals surface area contributed by atoms with Crippen molar-refractivity contribution in [2.24, 2.45) is 0 Å². The van der Waals surface area contributed by atoms with Crippen LogP contribution in [0.4, 0.5) is 0 Å². The summed E-state index contributed by atoms with van der Waals surface area (Å²) in [7, 11) is 0. The summed E-state index contributed by atoms with van der Waals surface area (Å²) in [5.74, 6) is 0. The molecule has 2 heteroatoms. The third-order valence-electron chi connectivity index (χ3n) is 4.05. The number of nitriles is 1. The summed E-state index contributed by atoms with van der Waals surface area (Å²) in [6.45, 7) is 0. The fourth-order valence-corrected chi connectivity index (χ4v) is 3.18. The molecule has 0 aromatic heterocycles. The Labute approximate surface area is 93.3 Å². The van der Waals surface area contributed by atoms with Gasteiger partial charge in [-0.15, -0.1) is 0 Å². The topological polar surface area (TPSA) is 27.0 Å². The third-order valence-corrected chi connectivity index (χ3v) is 4.05. The second-order valence-electron chi connectivity index (χ2n) is 5.09. The van der Waals surface area contributed by atoms with Gasteiger partial charge in [0.25, 0.3) is 0 Å². The van der Waals surface area contributed by atoms with Gasteiger partial charge < -0.3 is 4.90 Å². The molecule has 0 spiro atoms. The molecule has 2 nitrogen and oxygen atoms in total. The van der Waals surface area contributed by atoms with E-state index in [0.717, 1.165) is 0 Å². The Kier molecular flexibility index (Phi) is 3.88. The molecule has 2 aliphatic rings. The molecule has 2 fully saturated rings. The summed E-state index contributed by atoms with van der Waals surface area (Å²) in [6, 6.07) is 1.15. The van der Waals surface area contributed by atoms with Crippen molar-refractivity contribution in [2.75, 3.05) is 0 Å². The molecule has 15 heavy (non-hydrogen) atoms. The molecule has 2 aliphatic carbocycles. The first-order valence-electron chi connectivity index (χ1n) is 6.60. The van der Waals surface area contributed by atoms with Gasteiger partial charge in [-0.05, 0) is 25.7 Å². The first kappa shape index (κ1) is 10.8. The molecule has 0 amide bonds. The Hall–Kier alpha value is -0.710. The zero-order valence-electron chi connectivity index (χ0n) is 9.62. The van der Waals surface area contributed by atoms with E-state index >= 15 is 0 Å². The molecular formula is C13H22N2. The molecule has 2 saturated carbocycles. The summed E-state index contributed by atoms with van der Waals surface area (Å²) in [4.78, 5) is 2.15. The summed E-state index contributed by atoms with van der Waals surface area (Å²) in [6.07, 6.45) is 15.6. The van der Waals surface area contributed by atoms with Crippen LogP contribution in [0.25, 0.3) is 0 Å². The van der Waals surface area contributed by atoms with E-state index < -0.39 is 0 Å². The van der Waals surface area contributed by atoms with Gasteiger partial charge in [-0.1, -0.05) is 38.5 Å². The van der Waals surface area contributed by atoms with Crippen LogP contribution in [0.2, 0.25) is 0 Å². The van der Waals surface area contributed by atoms with E-state index in [-0.39, 0.29) is 0 Å². The summed E-state index contributed by atoms with van der Waals surface area (Å²) in [5.41, 5.74) is 0. The van der Waals surface area contributed by atoms with Crippen molar-refractivity contribution >= 4 is 0 Å². The van der Waals surface area contributed by atoms with E-state index in [4.69, 9.17) is 0 Å². The van der Waals surface area contributed by atoms with E-state index in [1.165, 1.54) is 64.2 Å². The van der Waals surface area contributed by atoms with Crippen molar-refractivity contribution in [2.45, 2.75) is 76.3 Å². The van der Waals surface area contributed by atoms with Crippen LogP contribution in [-0.2, 0) is 0 Å². The molecule has 0 aromatic rings. The van der Waals surface area contributed by atoms with Crippen LogP contribution in [0.5, 0.6) is 0 Å². The summed E-state index contributed by atoms with van der Waals surface area (Å²) < 4.78 is 0. The fraction of sp³-hybridized carbons (Fsp3) is 0.923.